The summed E-state index contributed by atoms with van der Waals surface area (Å²) in [5, 5.41) is 12.3. The predicted octanol–water partition coefficient (Wildman–Crippen LogP) is 1.89. The zero-order valence-corrected chi connectivity index (χ0v) is 17.1. The van der Waals surface area contributed by atoms with Gasteiger partial charge in [0.05, 0.1) is 25.6 Å². The lowest BCUT2D eigenvalue weighted by molar-refractivity contribution is -0.950. The minimum Gasteiger partial charge on any atom is -0.477 e. The van der Waals surface area contributed by atoms with E-state index in [4.69, 9.17) is 9.47 Å². The molecule has 3 aliphatic carbocycles. The molecule has 3 fully saturated rings. The number of quaternary nitrogens is 1. The van der Waals surface area contributed by atoms with Crippen LogP contribution in [0.25, 0.3) is 0 Å². The second kappa shape index (κ2) is 5.41. The highest BCUT2D eigenvalue weighted by Crippen LogP contribution is 2.66. The third kappa shape index (κ3) is 2.09. The first-order chi connectivity index (χ1) is 13.8. The van der Waals surface area contributed by atoms with Crippen molar-refractivity contribution in [1.82, 2.24) is 0 Å². The molecule has 6 heteroatoms. The van der Waals surface area contributed by atoms with Gasteiger partial charge in [0.2, 0.25) is 0 Å². The third-order valence-corrected chi connectivity index (χ3v) is 8.51. The van der Waals surface area contributed by atoms with Crippen LogP contribution in [-0.4, -0.2) is 59.2 Å². The Morgan fingerprint density at radius 2 is 2.14 bits per heavy atom. The maximum Gasteiger partial charge on any atom is 0.308 e. The van der Waals surface area contributed by atoms with Gasteiger partial charge in [0.15, 0.2) is 23.4 Å². The van der Waals surface area contributed by atoms with Gasteiger partial charge in [-0.1, -0.05) is 6.07 Å². The molecule has 1 aromatic rings. The third-order valence-electron chi connectivity index (χ3n) is 8.51. The van der Waals surface area contributed by atoms with Crippen LogP contribution in [0.2, 0.25) is 0 Å². The quantitative estimate of drug-likeness (QED) is 0.478. The molecule has 6 nitrogen and oxygen atoms in total. The van der Waals surface area contributed by atoms with Crippen molar-refractivity contribution >= 4 is 11.8 Å². The molecule has 1 unspecified atom stereocenters. The highest BCUT2D eigenvalue weighted by atomic mass is 16.6. The molecule has 5 aliphatic rings. The lowest BCUT2D eigenvalue weighted by Crippen LogP contribution is -2.80. The van der Waals surface area contributed by atoms with Crippen molar-refractivity contribution in [2.45, 2.75) is 68.6 Å². The molecule has 29 heavy (non-hydrogen) atoms. The fraction of sp³-hybridized carbons (Fsp3) is 0.652. The molecule has 6 rings (SSSR count). The van der Waals surface area contributed by atoms with E-state index in [1.807, 2.05) is 6.07 Å². The first-order valence-corrected chi connectivity index (χ1v) is 10.9. The van der Waals surface area contributed by atoms with Gasteiger partial charge in [-0.25, -0.2) is 0 Å². The van der Waals surface area contributed by atoms with Crippen LogP contribution < -0.4 is 9.47 Å². The summed E-state index contributed by atoms with van der Waals surface area (Å²) in [6.07, 6.45) is 4.24. The molecule has 1 saturated heterocycles. The van der Waals surface area contributed by atoms with Crippen molar-refractivity contribution in [3.05, 3.63) is 23.3 Å². The Balaban J connectivity index is 1.57. The Morgan fingerprint density at radius 3 is 2.86 bits per heavy atom. The summed E-state index contributed by atoms with van der Waals surface area (Å²) >= 11 is 0. The summed E-state index contributed by atoms with van der Waals surface area (Å²) in [5.74, 6) is 1.29. The van der Waals surface area contributed by atoms with Gasteiger partial charge in [-0.05, 0) is 30.9 Å². The van der Waals surface area contributed by atoms with Gasteiger partial charge in [0, 0.05) is 37.7 Å². The molecular formula is C23H28NO5+. The summed E-state index contributed by atoms with van der Waals surface area (Å²) in [7, 11) is 2.30. The SMILES string of the molecule is CC(=O)Oc1ccc2c3c1O[C@H]1C(=O)CC[C@@]4(O)[C@@H](C2)[N+](C)(CC2CC2)CC[C@]314. The largest absolute Gasteiger partial charge is 0.477 e. The van der Waals surface area contributed by atoms with Crippen molar-refractivity contribution in [2.75, 3.05) is 20.1 Å². The van der Waals surface area contributed by atoms with Crippen LogP contribution in [0.4, 0.5) is 0 Å². The minimum atomic E-state index is -0.972. The molecule has 0 amide bonds. The van der Waals surface area contributed by atoms with Crippen LogP contribution in [0, 0.1) is 5.92 Å². The van der Waals surface area contributed by atoms with Gasteiger partial charge in [-0.2, -0.15) is 0 Å². The van der Waals surface area contributed by atoms with E-state index in [1.54, 1.807) is 6.07 Å². The second-order valence-electron chi connectivity index (χ2n) is 10.2. The van der Waals surface area contributed by atoms with Crippen LogP contribution in [0.3, 0.4) is 0 Å². The number of esters is 1. The van der Waals surface area contributed by atoms with Gasteiger partial charge in [0.1, 0.15) is 11.6 Å². The van der Waals surface area contributed by atoms with Crippen LogP contribution in [-0.2, 0) is 21.4 Å². The molecule has 154 valence electrons. The number of hydrogen-bond donors (Lipinski definition) is 1. The summed E-state index contributed by atoms with van der Waals surface area (Å²) in [6, 6.07) is 3.87. The van der Waals surface area contributed by atoms with Crippen LogP contribution >= 0.6 is 0 Å². The predicted molar refractivity (Wildman–Crippen MR) is 104 cm³/mol. The number of carbonyl (C=O) groups excluding carboxylic acids is 2. The number of piperidine rings is 1. The lowest BCUT2D eigenvalue weighted by Gasteiger charge is -2.64. The maximum atomic E-state index is 13.0. The van der Waals surface area contributed by atoms with Crippen molar-refractivity contribution < 1.29 is 28.7 Å². The Kier molecular flexibility index (Phi) is 3.34. The van der Waals surface area contributed by atoms with Gasteiger partial charge in [-0.15, -0.1) is 0 Å². The molecule has 0 radical (unpaired) electrons. The van der Waals surface area contributed by atoms with E-state index in [0.29, 0.717) is 24.3 Å². The lowest BCUT2D eigenvalue weighted by atomic mass is 9.48. The second-order valence-corrected chi connectivity index (χ2v) is 10.2. The summed E-state index contributed by atoms with van der Waals surface area (Å²) in [4.78, 5) is 24.6. The zero-order chi connectivity index (χ0) is 20.2. The summed E-state index contributed by atoms with van der Waals surface area (Å²) in [5.41, 5.74) is 0.391. The van der Waals surface area contributed by atoms with E-state index in [9.17, 15) is 14.7 Å². The average molecular weight is 398 g/mol. The van der Waals surface area contributed by atoms with Gasteiger partial charge >= 0.3 is 5.97 Å². The standard InChI is InChI=1S/C23H28NO5/c1-13(25)28-17-6-5-15-11-18-23(27)8-7-16(26)21-22(23,19(15)20(17)29-21)9-10-24(18,2)12-14-3-4-14/h5-6,14,18,21,27H,3-4,7-12H2,1-2H3/q+1/t18-,21+,22+,23-,24?/m1/s1. The highest BCUT2D eigenvalue weighted by molar-refractivity contribution is 5.90. The number of nitrogens with zero attached hydrogens (tertiary/aromatic N) is 1. The Hall–Kier alpha value is -1.92. The Labute approximate surface area is 170 Å². The molecule has 1 aromatic carbocycles. The smallest absolute Gasteiger partial charge is 0.308 e. The van der Waals surface area contributed by atoms with E-state index in [0.717, 1.165) is 47.5 Å². The van der Waals surface area contributed by atoms with Crippen molar-refractivity contribution in [2.24, 2.45) is 5.92 Å². The van der Waals surface area contributed by atoms with Crippen molar-refractivity contribution in [3.8, 4) is 11.5 Å². The normalized spacial score (nSPS) is 41.6. The first-order valence-electron chi connectivity index (χ1n) is 10.9. The number of ether oxygens (including phenoxy) is 2. The number of aliphatic hydroxyl groups is 1. The number of carbonyl (C=O) groups is 2. The monoisotopic (exact) mass is 398 g/mol. The fourth-order valence-electron chi connectivity index (χ4n) is 7.16. The van der Waals surface area contributed by atoms with Crippen LogP contribution in [0.5, 0.6) is 11.5 Å². The number of likely N-dealkylation sites (N-methyl/N-ethyl adjacent to an activating group) is 1. The molecule has 2 bridgehead atoms. The summed E-state index contributed by atoms with van der Waals surface area (Å²) in [6.45, 7) is 3.41. The average Bonchev–Trinajstić information content (AvgIpc) is 3.38. The Morgan fingerprint density at radius 1 is 1.34 bits per heavy atom. The minimum absolute atomic E-state index is 0.0598. The molecule has 1 N–H and O–H groups in total. The topological polar surface area (TPSA) is 72.8 Å². The van der Waals surface area contributed by atoms with E-state index in [-0.39, 0.29) is 11.8 Å². The van der Waals surface area contributed by atoms with Crippen molar-refractivity contribution in [3.63, 3.8) is 0 Å². The zero-order valence-electron chi connectivity index (χ0n) is 17.1. The number of hydrogen-bond acceptors (Lipinski definition) is 5. The molecule has 2 saturated carbocycles. The van der Waals surface area contributed by atoms with Crippen molar-refractivity contribution in [1.29, 1.82) is 0 Å². The molecule has 2 aliphatic heterocycles. The van der Waals surface area contributed by atoms with Gasteiger partial charge in [-0.3, -0.25) is 9.59 Å². The fourth-order valence-corrected chi connectivity index (χ4v) is 7.16. The number of likely N-dealkylation sites (tertiary alicyclic amines) is 1. The van der Waals surface area contributed by atoms with E-state index in [1.165, 1.54) is 19.8 Å². The van der Waals surface area contributed by atoms with E-state index in [2.05, 4.69) is 7.05 Å². The number of Topliss-reactive ketones (excluding diaryl/α,β-unsaturated/α-hetero) is 1. The first kappa shape index (κ1) is 17.9. The number of benzene rings is 1. The van der Waals surface area contributed by atoms with E-state index >= 15 is 0 Å². The van der Waals surface area contributed by atoms with E-state index < -0.39 is 23.1 Å². The number of ketones is 1. The molecule has 2 heterocycles. The maximum absolute atomic E-state index is 13.0. The molecule has 0 aromatic heterocycles. The molecule has 1 spiro atoms. The van der Waals surface area contributed by atoms with Gasteiger partial charge < -0.3 is 19.1 Å². The van der Waals surface area contributed by atoms with Crippen LogP contribution in [0.1, 0.15) is 50.2 Å². The van der Waals surface area contributed by atoms with Gasteiger partial charge in [0.25, 0.3) is 0 Å². The van der Waals surface area contributed by atoms with Crippen LogP contribution in [0.15, 0.2) is 12.1 Å². The highest BCUT2D eigenvalue weighted by Gasteiger charge is 2.76. The molecule has 5 atom stereocenters. The molecular weight excluding hydrogens is 370 g/mol. The number of rotatable bonds is 3. The summed E-state index contributed by atoms with van der Waals surface area (Å²) < 4.78 is 12.6. The Bertz CT molecular complexity index is 955.